The van der Waals surface area contributed by atoms with Gasteiger partial charge in [-0.2, -0.15) is 0 Å². The number of carbonyl (C=O) groups excluding carboxylic acids is 2. The number of pyridine rings is 1. The molecule has 1 aliphatic carbocycles. The number of nitrogens with one attached hydrogen (secondary N) is 2. The number of esters is 1. The molecule has 136 valence electrons. The van der Waals surface area contributed by atoms with Gasteiger partial charge in [0, 0.05) is 11.3 Å². The van der Waals surface area contributed by atoms with Crippen LogP contribution in [0.1, 0.15) is 50.4 Å². The third-order valence-corrected chi connectivity index (χ3v) is 3.71. The number of alkyl carbamates (subject to hydrolysis) is 1. The van der Waals surface area contributed by atoms with Gasteiger partial charge in [-0.25, -0.2) is 9.59 Å². The van der Waals surface area contributed by atoms with Crippen molar-refractivity contribution in [3.05, 3.63) is 38.9 Å². The zero-order valence-electron chi connectivity index (χ0n) is 15.0. The molecule has 25 heavy (non-hydrogen) atoms. The van der Waals surface area contributed by atoms with Gasteiger partial charge in [-0.1, -0.05) is 0 Å². The van der Waals surface area contributed by atoms with Crippen LogP contribution in [0.15, 0.2) is 16.6 Å². The van der Waals surface area contributed by atoms with E-state index in [2.05, 4.69) is 15.0 Å². The second-order valence-corrected chi connectivity index (χ2v) is 6.94. The van der Waals surface area contributed by atoms with E-state index in [1.165, 1.54) is 13.2 Å². The standard InChI is InChI=1S/C18H24N2O5/c1-18(2,3)25-17(23)20-14(16(22)24-4)10-12-9-11-7-5-6-8-13(11)19-15(12)21/h9-10H,5-8H2,1-4H3,(H,19,21)(H,20,23)/b14-10-. The molecule has 1 aromatic rings. The summed E-state index contributed by atoms with van der Waals surface area (Å²) in [6.07, 6.45) is 4.34. The number of aromatic nitrogens is 1. The topological polar surface area (TPSA) is 97.5 Å². The lowest BCUT2D eigenvalue weighted by molar-refractivity contribution is -0.136. The molecule has 1 aromatic heterocycles. The van der Waals surface area contributed by atoms with E-state index in [4.69, 9.17) is 4.74 Å². The van der Waals surface area contributed by atoms with Gasteiger partial charge in [0.15, 0.2) is 0 Å². The average molecular weight is 348 g/mol. The summed E-state index contributed by atoms with van der Waals surface area (Å²) in [5.74, 6) is -0.761. The van der Waals surface area contributed by atoms with Crippen LogP contribution in [-0.2, 0) is 27.1 Å². The molecule has 0 spiro atoms. The Labute approximate surface area is 146 Å². The summed E-state index contributed by atoms with van der Waals surface area (Å²) in [5, 5.41) is 2.35. The summed E-state index contributed by atoms with van der Waals surface area (Å²) < 4.78 is 9.82. The number of aryl methyl sites for hydroxylation is 2. The highest BCUT2D eigenvalue weighted by Crippen LogP contribution is 2.19. The monoisotopic (exact) mass is 348 g/mol. The van der Waals surface area contributed by atoms with E-state index in [1.54, 1.807) is 26.8 Å². The zero-order chi connectivity index (χ0) is 18.6. The molecule has 2 rings (SSSR count). The lowest BCUT2D eigenvalue weighted by atomic mass is 9.95. The molecule has 0 unspecified atom stereocenters. The highest BCUT2D eigenvalue weighted by Gasteiger charge is 2.21. The van der Waals surface area contributed by atoms with E-state index in [9.17, 15) is 14.4 Å². The molecule has 0 radical (unpaired) electrons. The second-order valence-electron chi connectivity index (χ2n) is 6.94. The van der Waals surface area contributed by atoms with Crippen molar-refractivity contribution in [1.82, 2.24) is 10.3 Å². The van der Waals surface area contributed by atoms with E-state index in [1.807, 2.05) is 0 Å². The smallest absolute Gasteiger partial charge is 0.412 e. The van der Waals surface area contributed by atoms with Crippen molar-refractivity contribution in [1.29, 1.82) is 0 Å². The van der Waals surface area contributed by atoms with Crippen molar-refractivity contribution in [2.24, 2.45) is 0 Å². The molecule has 7 heteroatoms. The first kappa shape index (κ1) is 18.8. The number of H-pyrrole nitrogens is 1. The molecule has 0 fully saturated rings. The number of aromatic amines is 1. The average Bonchev–Trinajstić information content (AvgIpc) is 2.52. The van der Waals surface area contributed by atoms with Crippen LogP contribution in [0.25, 0.3) is 6.08 Å². The fourth-order valence-corrected chi connectivity index (χ4v) is 2.63. The van der Waals surface area contributed by atoms with E-state index >= 15 is 0 Å². The number of hydrogen-bond acceptors (Lipinski definition) is 5. The van der Waals surface area contributed by atoms with Crippen LogP contribution in [0.2, 0.25) is 0 Å². The Kier molecular flexibility index (Phi) is 5.66. The van der Waals surface area contributed by atoms with Crippen molar-refractivity contribution in [2.75, 3.05) is 7.11 Å². The Morgan fingerprint density at radius 1 is 1.24 bits per heavy atom. The van der Waals surface area contributed by atoms with Gasteiger partial charge in [-0.05, 0) is 64.2 Å². The lowest BCUT2D eigenvalue weighted by Gasteiger charge is -2.20. The maximum Gasteiger partial charge on any atom is 0.412 e. The largest absolute Gasteiger partial charge is 0.464 e. The van der Waals surface area contributed by atoms with E-state index < -0.39 is 17.7 Å². The summed E-state index contributed by atoms with van der Waals surface area (Å²) in [5.41, 5.74) is 1.10. The van der Waals surface area contributed by atoms with Gasteiger partial charge in [0.1, 0.15) is 11.3 Å². The summed E-state index contributed by atoms with van der Waals surface area (Å²) in [6, 6.07) is 1.76. The second kappa shape index (κ2) is 7.55. The molecule has 0 saturated carbocycles. The maximum atomic E-state index is 12.3. The highest BCUT2D eigenvalue weighted by atomic mass is 16.6. The summed E-state index contributed by atoms with van der Waals surface area (Å²) in [6.45, 7) is 5.13. The van der Waals surface area contributed by atoms with Crippen LogP contribution >= 0.6 is 0 Å². The number of ether oxygens (including phenoxy) is 2. The van der Waals surface area contributed by atoms with Gasteiger partial charge in [0.25, 0.3) is 5.56 Å². The molecular formula is C18H24N2O5. The van der Waals surface area contributed by atoms with Crippen LogP contribution in [-0.4, -0.2) is 29.8 Å². The number of rotatable bonds is 3. The third kappa shape index (κ3) is 5.20. The van der Waals surface area contributed by atoms with Crippen LogP contribution in [0.4, 0.5) is 4.79 Å². The summed E-state index contributed by atoms with van der Waals surface area (Å²) in [7, 11) is 1.20. The molecule has 0 aliphatic heterocycles. The molecule has 1 amide bonds. The molecule has 1 aliphatic rings. The molecule has 0 atom stereocenters. The Morgan fingerprint density at radius 2 is 1.92 bits per heavy atom. The van der Waals surface area contributed by atoms with Gasteiger partial charge in [-0.15, -0.1) is 0 Å². The fraction of sp³-hybridized carbons (Fsp3) is 0.500. The van der Waals surface area contributed by atoms with Crippen molar-refractivity contribution in [3.63, 3.8) is 0 Å². The molecule has 7 nitrogen and oxygen atoms in total. The maximum absolute atomic E-state index is 12.3. The molecule has 0 aromatic carbocycles. The quantitative estimate of drug-likeness (QED) is 0.645. The van der Waals surface area contributed by atoms with Crippen LogP contribution < -0.4 is 10.9 Å². The van der Waals surface area contributed by atoms with E-state index in [0.29, 0.717) is 0 Å². The lowest BCUT2D eigenvalue weighted by Crippen LogP contribution is -2.34. The van der Waals surface area contributed by atoms with Gasteiger partial charge in [0.2, 0.25) is 0 Å². The normalized spacial score (nSPS) is 14.5. The molecular weight excluding hydrogens is 324 g/mol. The number of fused-ring (bicyclic) bond motifs is 1. The first-order valence-electron chi connectivity index (χ1n) is 8.24. The molecule has 1 heterocycles. The first-order valence-corrected chi connectivity index (χ1v) is 8.24. The van der Waals surface area contributed by atoms with Crippen LogP contribution in [0.5, 0.6) is 0 Å². The number of methoxy groups -OCH3 is 1. The fourth-order valence-electron chi connectivity index (χ4n) is 2.63. The predicted molar refractivity (Wildman–Crippen MR) is 93.1 cm³/mol. The molecule has 2 N–H and O–H groups in total. The number of amides is 1. The van der Waals surface area contributed by atoms with Crippen molar-refractivity contribution in [2.45, 2.75) is 52.1 Å². The van der Waals surface area contributed by atoms with Gasteiger partial charge in [0.05, 0.1) is 7.11 Å². The summed E-state index contributed by atoms with van der Waals surface area (Å²) >= 11 is 0. The Hall–Kier alpha value is -2.57. The minimum absolute atomic E-state index is 0.155. The molecule has 0 bridgehead atoms. The SMILES string of the molecule is COC(=O)/C(=C/c1cc2c([nH]c1=O)CCCC2)NC(=O)OC(C)(C)C. The summed E-state index contributed by atoms with van der Waals surface area (Å²) in [4.78, 5) is 39.0. The Balaban J connectivity index is 2.33. The Morgan fingerprint density at radius 3 is 2.56 bits per heavy atom. The Bertz CT molecular complexity index is 756. The number of carbonyl (C=O) groups is 2. The number of hydrogen-bond donors (Lipinski definition) is 2. The first-order chi connectivity index (χ1) is 11.7. The third-order valence-electron chi connectivity index (χ3n) is 3.71. The van der Waals surface area contributed by atoms with Crippen LogP contribution in [0, 0.1) is 0 Å². The van der Waals surface area contributed by atoms with Crippen LogP contribution in [0.3, 0.4) is 0 Å². The highest BCUT2D eigenvalue weighted by molar-refractivity contribution is 5.96. The van der Waals surface area contributed by atoms with Gasteiger partial charge >= 0.3 is 12.1 Å². The van der Waals surface area contributed by atoms with Crippen molar-refractivity contribution in [3.8, 4) is 0 Å². The van der Waals surface area contributed by atoms with E-state index in [0.717, 1.165) is 36.9 Å². The van der Waals surface area contributed by atoms with Crippen molar-refractivity contribution >= 4 is 18.1 Å². The van der Waals surface area contributed by atoms with E-state index in [-0.39, 0.29) is 16.8 Å². The minimum Gasteiger partial charge on any atom is -0.464 e. The van der Waals surface area contributed by atoms with Gasteiger partial charge in [-0.3, -0.25) is 10.1 Å². The zero-order valence-corrected chi connectivity index (χ0v) is 15.0. The van der Waals surface area contributed by atoms with Crippen molar-refractivity contribution < 1.29 is 19.1 Å². The minimum atomic E-state index is -0.793. The molecule has 0 saturated heterocycles. The predicted octanol–water partition coefficient (Wildman–Crippen LogP) is 2.29. The van der Waals surface area contributed by atoms with Gasteiger partial charge < -0.3 is 14.5 Å².